The normalized spacial score (nSPS) is 11.6. The summed E-state index contributed by atoms with van der Waals surface area (Å²) < 4.78 is 25.4. The number of fused-ring (bicyclic) bond motifs is 1. The number of para-hydroxylation sites is 2. The molecule has 8 heteroatoms. The number of thioether (sulfide) groups is 1. The molecule has 0 aliphatic carbocycles. The summed E-state index contributed by atoms with van der Waals surface area (Å²) in [6.45, 7) is 0.534. The zero-order chi connectivity index (χ0) is 18.6. The average molecular weight is 390 g/mol. The number of carbonyl (C=O) groups excluding carboxylic acids is 1. The number of nitrogens with one attached hydrogen (secondary N) is 1. The molecule has 0 aliphatic heterocycles. The van der Waals surface area contributed by atoms with Crippen LogP contribution in [0.3, 0.4) is 0 Å². The molecule has 0 saturated heterocycles. The van der Waals surface area contributed by atoms with Gasteiger partial charge >= 0.3 is 0 Å². The fraction of sp³-hybridized carbons (Fsp3) is 0.222. The lowest BCUT2D eigenvalue weighted by atomic mass is 10.1. The maximum atomic E-state index is 12.1. The van der Waals surface area contributed by atoms with Gasteiger partial charge < -0.3 is 5.32 Å². The number of nitrogens with zero attached hydrogens (tertiary/aromatic N) is 2. The number of imidazole rings is 1. The molecule has 3 aromatic rings. The molecule has 136 valence electrons. The predicted octanol–water partition coefficient (Wildman–Crippen LogP) is 2.29. The Hall–Kier alpha value is -2.32. The Labute approximate surface area is 156 Å². The molecule has 0 saturated carbocycles. The Kier molecular flexibility index (Phi) is 5.63. The number of aromatic nitrogens is 2. The van der Waals surface area contributed by atoms with E-state index in [0.717, 1.165) is 30.0 Å². The first-order valence-corrected chi connectivity index (χ1v) is 10.9. The topological polar surface area (TPSA) is 81.1 Å². The van der Waals surface area contributed by atoms with Crippen LogP contribution in [0.25, 0.3) is 11.0 Å². The van der Waals surface area contributed by atoms with Crippen molar-refractivity contribution in [2.24, 2.45) is 0 Å². The van der Waals surface area contributed by atoms with Gasteiger partial charge in [-0.15, -0.1) is 0 Å². The summed E-state index contributed by atoms with van der Waals surface area (Å²) in [6.07, 6.45) is 1.88. The van der Waals surface area contributed by atoms with Gasteiger partial charge in [-0.2, -0.15) is 0 Å². The van der Waals surface area contributed by atoms with Gasteiger partial charge in [-0.3, -0.25) is 4.79 Å². The zero-order valence-corrected chi connectivity index (χ0v) is 15.9. The monoisotopic (exact) mass is 389 g/mol. The molecule has 0 atom stereocenters. The predicted molar refractivity (Wildman–Crippen MR) is 104 cm³/mol. The molecule has 6 nitrogen and oxygen atoms in total. The van der Waals surface area contributed by atoms with E-state index in [-0.39, 0.29) is 11.7 Å². The summed E-state index contributed by atoms with van der Waals surface area (Å²) in [7, 11) is -3.52. The van der Waals surface area contributed by atoms with Gasteiger partial charge in [0, 0.05) is 6.54 Å². The minimum absolute atomic E-state index is 0.105. The van der Waals surface area contributed by atoms with E-state index >= 15 is 0 Å². The van der Waals surface area contributed by atoms with E-state index in [1.54, 1.807) is 24.3 Å². The molecule has 1 heterocycles. The van der Waals surface area contributed by atoms with E-state index in [2.05, 4.69) is 10.3 Å². The molecular formula is C18H19N3O3S2. The molecule has 0 unspecified atom stereocenters. The van der Waals surface area contributed by atoms with Gasteiger partial charge in [0.25, 0.3) is 0 Å². The molecule has 1 N–H and O–H groups in total. The van der Waals surface area contributed by atoms with Crippen LogP contribution < -0.4 is 5.32 Å². The first-order valence-electron chi connectivity index (χ1n) is 8.06. The minimum atomic E-state index is -3.52. The second-order valence-electron chi connectivity index (χ2n) is 5.78. The van der Waals surface area contributed by atoms with E-state index < -0.39 is 10.0 Å². The molecule has 1 amide bonds. The molecule has 3 rings (SSSR count). The SMILES string of the molecule is CS(=O)(=O)n1c(SCC(=O)NCCc2ccccc2)nc2ccccc21. The van der Waals surface area contributed by atoms with Crippen LogP contribution in [0.1, 0.15) is 5.56 Å². The van der Waals surface area contributed by atoms with Gasteiger partial charge in [0.15, 0.2) is 5.16 Å². The standard InChI is InChI=1S/C18H19N3O3S2/c1-26(23,24)21-16-10-6-5-9-15(16)20-18(21)25-13-17(22)19-12-11-14-7-3-2-4-8-14/h2-10H,11-13H2,1H3,(H,19,22). The average Bonchev–Trinajstić information content (AvgIpc) is 2.99. The van der Waals surface area contributed by atoms with E-state index in [1.165, 1.54) is 3.97 Å². The summed E-state index contributed by atoms with van der Waals surface area (Å²) in [5.41, 5.74) is 2.26. The highest BCUT2D eigenvalue weighted by Gasteiger charge is 2.19. The highest BCUT2D eigenvalue weighted by atomic mass is 32.2. The third-order valence-corrected chi connectivity index (χ3v) is 5.82. The molecule has 0 spiro atoms. The van der Waals surface area contributed by atoms with Gasteiger partial charge in [-0.1, -0.05) is 54.2 Å². The van der Waals surface area contributed by atoms with E-state index in [0.29, 0.717) is 22.7 Å². The summed E-state index contributed by atoms with van der Waals surface area (Å²) in [5.74, 6) is -0.0498. The lowest BCUT2D eigenvalue weighted by molar-refractivity contribution is -0.118. The molecule has 0 aliphatic rings. The highest BCUT2D eigenvalue weighted by Crippen LogP contribution is 2.25. The number of hydrogen-bond donors (Lipinski definition) is 1. The van der Waals surface area contributed by atoms with Crippen molar-refractivity contribution >= 4 is 38.7 Å². The number of hydrogen-bond acceptors (Lipinski definition) is 5. The van der Waals surface area contributed by atoms with Crippen LogP contribution in [0.2, 0.25) is 0 Å². The lowest BCUT2D eigenvalue weighted by Gasteiger charge is -2.07. The quantitative estimate of drug-likeness (QED) is 0.627. The van der Waals surface area contributed by atoms with E-state index in [1.807, 2.05) is 30.3 Å². The maximum absolute atomic E-state index is 12.1. The van der Waals surface area contributed by atoms with Gasteiger partial charge in [0.05, 0.1) is 23.0 Å². The summed E-state index contributed by atoms with van der Waals surface area (Å²) in [4.78, 5) is 16.4. The smallest absolute Gasteiger partial charge is 0.238 e. The second kappa shape index (κ2) is 7.92. The third-order valence-electron chi connectivity index (χ3n) is 3.73. The van der Waals surface area contributed by atoms with E-state index in [9.17, 15) is 13.2 Å². The number of rotatable bonds is 7. The number of benzene rings is 2. The van der Waals surface area contributed by atoms with E-state index in [4.69, 9.17) is 0 Å². The molecule has 2 aromatic carbocycles. The Bertz CT molecular complexity index is 1010. The fourth-order valence-corrected chi connectivity index (χ4v) is 4.71. The van der Waals surface area contributed by atoms with Gasteiger partial charge in [-0.25, -0.2) is 17.4 Å². The van der Waals surface area contributed by atoms with Crippen molar-refractivity contribution in [2.45, 2.75) is 11.6 Å². The number of carbonyl (C=O) groups is 1. The Balaban J connectivity index is 1.63. The van der Waals surface area contributed by atoms with Gasteiger partial charge in [0.1, 0.15) is 0 Å². The fourth-order valence-electron chi connectivity index (χ4n) is 2.57. The summed E-state index contributed by atoms with van der Waals surface area (Å²) >= 11 is 1.11. The molecule has 0 radical (unpaired) electrons. The van der Waals surface area contributed by atoms with Crippen molar-refractivity contribution in [3.63, 3.8) is 0 Å². The van der Waals surface area contributed by atoms with Crippen LogP contribution in [-0.4, -0.2) is 41.8 Å². The Morgan fingerprint density at radius 2 is 1.81 bits per heavy atom. The van der Waals surface area contributed by atoms with Crippen molar-refractivity contribution in [1.82, 2.24) is 14.3 Å². The largest absolute Gasteiger partial charge is 0.355 e. The van der Waals surface area contributed by atoms with Crippen LogP contribution in [0, 0.1) is 0 Å². The second-order valence-corrected chi connectivity index (χ2v) is 8.56. The summed E-state index contributed by atoms with van der Waals surface area (Å²) in [5, 5.41) is 3.15. The Morgan fingerprint density at radius 1 is 1.12 bits per heavy atom. The highest BCUT2D eigenvalue weighted by molar-refractivity contribution is 8.00. The van der Waals surface area contributed by atoms with Crippen LogP contribution in [0.15, 0.2) is 59.8 Å². The van der Waals surface area contributed by atoms with Crippen LogP contribution in [0.5, 0.6) is 0 Å². The van der Waals surface area contributed by atoms with Crippen molar-refractivity contribution in [3.8, 4) is 0 Å². The van der Waals surface area contributed by atoms with Crippen LogP contribution in [-0.2, 0) is 21.2 Å². The minimum Gasteiger partial charge on any atom is -0.355 e. The maximum Gasteiger partial charge on any atom is 0.238 e. The Morgan fingerprint density at radius 3 is 2.54 bits per heavy atom. The van der Waals surface area contributed by atoms with Gasteiger partial charge in [0.2, 0.25) is 15.9 Å². The van der Waals surface area contributed by atoms with Crippen molar-refractivity contribution < 1.29 is 13.2 Å². The first kappa shape index (κ1) is 18.5. The first-order chi connectivity index (χ1) is 12.4. The molecular weight excluding hydrogens is 370 g/mol. The van der Waals surface area contributed by atoms with Crippen LogP contribution >= 0.6 is 11.8 Å². The molecule has 0 fully saturated rings. The summed E-state index contributed by atoms with van der Waals surface area (Å²) in [6, 6.07) is 16.9. The van der Waals surface area contributed by atoms with Crippen LogP contribution in [0.4, 0.5) is 0 Å². The molecule has 0 bridgehead atoms. The third kappa shape index (κ3) is 4.44. The van der Waals surface area contributed by atoms with Crippen molar-refractivity contribution in [1.29, 1.82) is 0 Å². The molecule has 1 aromatic heterocycles. The lowest BCUT2D eigenvalue weighted by Crippen LogP contribution is -2.27. The number of amides is 1. The van der Waals surface area contributed by atoms with Gasteiger partial charge in [-0.05, 0) is 24.1 Å². The van der Waals surface area contributed by atoms with Crippen molar-refractivity contribution in [3.05, 3.63) is 60.2 Å². The molecule has 26 heavy (non-hydrogen) atoms. The zero-order valence-electron chi connectivity index (χ0n) is 14.3. The van der Waals surface area contributed by atoms with Crippen molar-refractivity contribution in [2.75, 3.05) is 18.6 Å².